The summed E-state index contributed by atoms with van der Waals surface area (Å²) in [5, 5.41) is 9.89. The van der Waals surface area contributed by atoms with Crippen LogP contribution in [0, 0.1) is 6.92 Å². The quantitative estimate of drug-likeness (QED) is 0.743. The Morgan fingerprint density at radius 2 is 1.94 bits per heavy atom. The van der Waals surface area contributed by atoms with Crippen LogP contribution in [0.2, 0.25) is 0 Å². The van der Waals surface area contributed by atoms with Crippen LogP contribution in [-0.4, -0.2) is 14.5 Å². The van der Waals surface area contributed by atoms with Gasteiger partial charge in [0.2, 0.25) is 0 Å². The SMILES string of the molecule is Cc1ccccc1-c1nc(Br)c2c(O)cccn12. The second-order valence-corrected chi connectivity index (χ2v) is 4.90. The van der Waals surface area contributed by atoms with Gasteiger partial charge in [0, 0.05) is 11.8 Å². The molecule has 2 aromatic heterocycles. The number of nitrogens with zero attached hydrogens (tertiary/aromatic N) is 2. The van der Waals surface area contributed by atoms with Crippen molar-refractivity contribution in [3.05, 3.63) is 52.8 Å². The van der Waals surface area contributed by atoms with Crippen molar-refractivity contribution < 1.29 is 5.11 Å². The zero-order chi connectivity index (χ0) is 12.7. The van der Waals surface area contributed by atoms with Gasteiger partial charge in [-0.15, -0.1) is 0 Å². The van der Waals surface area contributed by atoms with Gasteiger partial charge in [0.25, 0.3) is 0 Å². The first-order valence-corrected chi connectivity index (χ1v) is 6.39. The molecule has 3 aromatic rings. The number of fused-ring (bicyclic) bond motifs is 1. The molecule has 0 atom stereocenters. The van der Waals surface area contributed by atoms with E-state index in [1.807, 2.05) is 41.8 Å². The second kappa shape index (κ2) is 4.14. The number of hydrogen-bond donors (Lipinski definition) is 1. The zero-order valence-electron chi connectivity index (χ0n) is 9.76. The molecule has 90 valence electrons. The van der Waals surface area contributed by atoms with Crippen molar-refractivity contribution >= 4 is 21.4 Å². The van der Waals surface area contributed by atoms with Crippen LogP contribution in [0.1, 0.15) is 5.56 Å². The van der Waals surface area contributed by atoms with Crippen molar-refractivity contribution in [2.45, 2.75) is 6.92 Å². The number of aromatic hydroxyl groups is 1. The van der Waals surface area contributed by atoms with E-state index in [9.17, 15) is 5.11 Å². The lowest BCUT2D eigenvalue weighted by atomic mass is 10.1. The molecule has 0 amide bonds. The van der Waals surface area contributed by atoms with Crippen LogP contribution < -0.4 is 0 Å². The Bertz CT molecular complexity index is 734. The molecule has 3 rings (SSSR count). The van der Waals surface area contributed by atoms with E-state index in [-0.39, 0.29) is 5.75 Å². The van der Waals surface area contributed by atoms with Crippen molar-refractivity contribution in [3.63, 3.8) is 0 Å². The zero-order valence-corrected chi connectivity index (χ0v) is 11.3. The first-order chi connectivity index (χ1) is 8.68. The maximum absolute atomic E-state index is 9.89. The average molecular weight is 303 g/mol. The van der Waals surface area contributed by atoms with Crippen LogP contribution in [0.4, 0.5) is 0 Å². The summed E-state index contributed by atoms with van der Waals surface area (Å²) in [5.74, 6) is 1.04. The van der Waals surface area contributed by atoms with E-state index in [1.54, 1.807) is 12.1 Å². The van der Waals surface area contributed by atoms with Gasteiger partial charge < -0.3 is 5.11 Å². The minimum Gasteiger partial charge on any atom is -0.506 e. The second-order valence-electron chi connectivity index (χ2n) is 4.15. The number of pyridine rings is 1. The molecule has 1 aromatic carbocycles. The first-order valence-electron chi connectivity index (χ1n) is 5.60. The first kappa shape index (κ1) is 11.3. The van der Waals surface area contributed by atoms with Crippen LogP contribution in [0.15, 0.2) is 47.2 Å². The number of benzene rings is 1. The van der Waals surface area contributed by atoms with E-state index in [2.05, 4.69) is 20.9 Å². The van der Waals surface area contributed by atoms with E-state index in [4.69, 9.17) is 0 Å². The van der Waals surface area contributed by atoms with Gasteiger partial charge in [-0.2, -0.15) is 0 Å². The third kappa shape index (κ3) is 1.61. The topological polar surface area (TPSA) is 37.5 Å². The molecule has 0 aliphatic rings. The minimum atomic E-state index is 0.219. The Balaban J connectivity index is 2.38. The van der Waals surface area contributed by atoms with Crippen LogP contribution >= 0.6 is 15.9 Å². The third-order valence-electron chi connectivity index (χ3n) is 2.99. The van der Waals surface area contributed by atoms with Crippen molar-refractivity contribution in [3.8, 4) is 17.1 Å². The van der Waals surface area contributed by atoms with E-state index in [0.29, 0.717) is 10.1 Å². The molecular formula is C14H11BrN2O. The molecule has 0 spiro atoms. The highest BCUT2D eigenvalue weighted by Gasteiger charge is 2.14. The lowest BCUT2D eigenvalue weighted by Gasteiger charge is -2.04. The molecule has 3 nitrogen and oxygen atoms in total. The van der Waals surface area contributed by atoms with E-state index in [0.717, 1.165) is 17.0 Å². The Hall–Kier alpha value is -1.81. The largest absolute Gasteiger partial charge is 0.506 e. The highest BCUT2D eigenvalue weighted by molar-refractivity contribution is 9.10. The molecule has 0 radical (unpaired) electrons. The summed E-state index contributed by atoms with van der Waals surface area (Å²) in [5.41, 5.74) is 2.90. The normalized spacial score (nSPS) is 11.0. The molecular weight excluding hydrogens is 292 g/mol. The fourth-order valence-electron chi connectivity index (χ4n) is 2.09. The van der Waals surface area contributed by atoms with Crippen molar-refractivity contribution in [2.24, 2.45) is 0 Å². The summed E-state index contributed by atoms with van der Waals surface area (Å²) >= 11 is 3.40. The fourth-order valence-corrected chi connectivity index (χ4v) is 2.65. The Morgan fingerprint density at radius 1 is 1.17 bits per heavy atom. The molecule has 0 aliphatic carbocycles. The predicted molar refractivity (Wildman–Crippen MR) is 74.7 cm³/mol. The molecule has 0 aliphatic heterocycles. The van der Waals surface area contributed by atoms with Crippen molar-refractivity contribution in [1.82, 2.24) is 9.38 Å². The Labute approximate surface area is 113 Å². The number of aromatic nitrogens is 2. The van der Waals surface area contributed by atoms with Gasteiger partial charge in [0.15, 0.2) is 0 Å². The number of imidazole rings is 1. The average Bonchev–Trinajstić information content (AvgIpc) is 2.69. The summed E-state index contributed by atoms with van der Waals surface area (Å²) in [7, 11) is 0. The van der Waals surface area contributed by atoms with Gasteiger partial charge >= 0.3 is 0 Å². The molecule has 0 saturated heterocycles. The number of hydrogen-bond acceptors (Lipinski definition) is 2. The summed E-state index contributed by atoms with van der Waals surface area (Å²) in [6, 6.07) is 11.5. The predicted octanol–water partition coefficient (Wildman–Crippen LogP) is 3.78. The number of halogens is 1. The molecule has 18 heavy (non-hydrogen) atoms. The van der Waals surface area contributed by atoms with Gasteiger partial charge in [-0.05, 0) is 40.5 Å². The number of rotatable bonds is 1. The van der Waals surface area contributed by atoms with Crippen LogP contribution in [0.5, 0.6) is 5.75 Å². The van der Waals surface area contributed by atoms with Crippen molar-refractivity contribution in [1.29, 1.82) is 0 Å². The van der Waals surface area contributed by atoms with Gasteiger partial charge in [0.1, 0.15) is 21.7 Å². The summed E-state index contributed by atoms with van der Waals surface area (Å²) < 4.78 is 2.54. The molecule has 0 saturated carbocycles. The molecule has 0 fully saturated rings. The van der Waals surface area contributed by atoms with Gasteiger partial charge in [-0.25, -0.2) is 4.98 Å². The lowest BCUT2D eigenvalue weighted by molar-refractivity contribution is 0.479. The summed E-state index contributed by atoms with van der Waals surface area (Å²) in [6.07, 6.45) is 1.90. The third-order valence-corrected chi connectivity index (χ3v) is 3.54. The Morgan fingerprint density at radius 3 is 2.72 bits per heavy atom. The fraction of sp³-hybridized carbons (Fsp3) is 0.0714. The van der Waals surface area contributed by atoms with E-state index < -0.39 is 0 Å². The van der Waals surface area contributed by atoms with Gasteiger partial charge in [-0.3, -0.25) is 4.40 Å². The molecule has 4 heteroatoms. The van der Waals surface area contributed by atoms with E-state index in [1.165, 1.54) is 0 Å². The standard InChI is InChI=1S/C14H11BrN2O/c1-9-5-2-3-6-10(9)14-16-13(15)12-11(18)7-4-8-17(12)14/h2-8,18H,1H3. The molecule has 0 unspecified atom stereocenters. The van der Waals surface area contributed by atoms with Gasteiger partial charge in [-0.1, -0.05) is 24.3 Å². The highest BCUT2D eigenvalue weighted by atomic mass is 79.9. The smallest absolute Gasteiger partial charge is 0.146 e. The highest BCUT2D eigenvalue weighted by Crippen LogP contribution is 2.32. The Kier molecular flexibility index (Phi) is 2.59. The summed E-state index contributed by atoms with van der Waals surface area (Å²) in [4.78, 5) is 4.50. The van der Waals surface area contributed by atoms with Gasteiger partial charge in [0.05, 0.1) is 0 Å². The molecule has 2 heterocycles. The van der Waals surface area contributed by atoms with E-state index >= 15 is 0 Å². The lowest BCUT2D eigenvalue weighted by Crippen LogP contribution is -1.90. The maximum atomic E-state index is 9.89. The van der Waals surface area contributed by atoms with Crippen LogP contribution in [0.3, 0.4) is 0 Å². The van der Waals surface area contributed by atoms with Crippen molar-refractivity contribution in [2.75, 3.05) is 0 Å². The number of aryl methyl sites for hydroxylation is 1. The summed E-state index contributed by atoms with van der Waals surface area (Å²) in [6.45, 7) is 2.05. The minimum absolute atomic E-state index is 0.219. The van der Waals surface area contributed by atoms with Crippen LogP contribution in [-0.2, 0) is 0 Å². The molecule has 0 bridgehead atoms. The van der Waals surface area contributed by atoms with Crippen LogP contribution in [0.25, 0.3) is 16.9 Å². The molecule has 1 N–H and O–H groups in total. The monoisotopic (exact) mass is 302 g/mol. The maximum Gasteiger partial charge on any atom is 0.146 e.